The van der Waals surface area contributed by atoms with Crippen LogP contribution in [0.2, 0.25) is 0 Å². The molecule has 120 valence electrons. The van der Waals surface area contributed by atoms with Crippen molar-refractivity contribution in [1.29, 1.82) is 0 Å². The number of nitrogens with one attached hydrogen (secondary N) is 2. The first kappa shape index (κ1) is 15.3. The van der Waals surface area contributed by atoms with Gasteiger partial charge in [-0.05, 0) is 12.8 Å². The maximum absolute atomic E-state index is 12.3. The smallest absolute Gasteiger partial charge is 0.318 e. The molecule has 2 aliphatic rings. The van der Waals surface area contributed by atoms with E-state index in [9.17, 15) is 4.79 Å². The van der Waals surface area contributed by atoms with Crippen LogP contribution < -0.4 is 10.2 Å². The van der Waals surface area contributed by atoms with Crippen molar-refractivity contribution in [3.05, 3.63) is 35.9 Å². The fourth-order valence-electron chi connectivity index (χ4n) is 3.60. The Kier molecular flexibility index (Phi) is 5.33. The molecule has 1 aromatic carbocycles. The van der Waals surface area contributed by atoms with Gasteiger partial charge < -0.3 is 15.1 Å². The van der Waals surface area contributed by atoms with Crippen LogP contribution in [-0.2, 0) is 6.54 Å². The molecule has 1 heterocycles. The normalized spacial score (nSPS) is 20.8. The van der Waals surface area contributed by atoms with Crippen LogP contribution in [0.1, 0.15) is 37.7 Å². The summed E-state index contributed by atoms with van der Waals surface area (Å²) in [6, 6.07) is 11.2. The maximum atomic E-state index is 12.3. The second-order valence-corrected chi connectivity index (χ2v) is 6.68. The lowest BCUT2D eigenvalue weighted by molar-refractivity contribution is -0.917. The molecule has 0 atom stereocenters. The Morgan fingerprint density at radius 3 is 2.45 bits per heavy atom. The molecule has 1 saturated heterocycles. The number of hydrogen-bond acceptors (Lipinski definition) is 1. The highest BCUT2D eigenvalue weighted by atomic mass is 16.2. The third kappa shape index (κ3) is 4.23. The number of amides is 2. The van der Waals surface area contributed by atoms with Gasteiger partial charge in [0.1, 0.15) is 6.54 Å². The SMILES string of the molecule is O=C(NC1CCCCC1)N1CC[NH+](Cc2ccccc2)CC1. The van der Waals surface area contributed by atoms with Crippen molar-refractivity contribution in [1.82, 2.24) is 10.2 Å². The molecule has 0 bridgehead atoms. The van der Waals surface area contributed by atoms with Gasteiger partial charge in [0.05, 0.1) is 26.2 Å². The van der Waals surface area contributed by atoms with E-state index in [4.69, 9.17) is 0 Å². The van der Waals surface area contributed by atoms with Crippen LogP contribution in [0, 0.1) is 0 Å². The van der Waals surface area contributed by atoms with Crippen molar-refractivity contribution < 1.29 is 9.69 Å². The second-order valence-electron chi connectivity index (χ2n) is 6.68. The molecule has 1 aromatic rings. The van der Waals surface area contributed by atoms with Gasteiger partial charge in [-0.1, -0.05) is 49.6 Å². The van der Waals surface area contributed by atoms with E-state index in [2.05, 4.69) is 35.6 Å². The molecule has 4 heteroatoms. The molecule has 3 rings (SSSR count). The third-order valence-corrected chi connectivity index (χ3v) is 4.99. The largest absolute Gasteiger partial charge is 0.335 e. The minimum atomic E-state index is 0.158. The number of rotatable bonds is 3. The molecular formula is C18H28N3O+. The molecule has 0 radical (unpaired) electrons. The number of carbonyl (C=O) groups excluding carboxylic acids is 1. The van der Waals surface area contributed by atoms with E-state index in [0.717, 1.165) is 45.6 Å². The summed E-state index contributed by atoms with van der Waals surface area (Å²) in [7, 11) is 0. The van der Waals surface area contributed by atoms with E-state index in [-0.39, 0.29) is 6.03 Å². The zero-order chi connectivity index (χ0) is 15.2. The topological polar surface area (TPSA) is 36.8 Å². The predicted molar refractivity (Wildman–Crippen MR) is 87.8 cm³/mol. The maximum Gasteiger partial charge on any atom is 0.318 e. The lowest BCUT2D eigenvalue weighted by Gasteiger charge is -2.34. The van der Waals surface area contributed by atoms with Crippen LogP contribution in [0.15, 0.2) is 30.3 Å². The Balaban J connectivity index is 1.42. The monoisotopic (exact) mass is 302 g/mol. The van der Waals surface area contributed by atoms with Crippen LogP contribution in [0.4, 0.5) is 4.79 Å². The third-order valence-electron chi connectivity index (χ3n) is 4.99. The number of hydrogen-bond donors (Lipinski definition) is 2. The molecule has 0 unspecified atom stereocenters. The molecule has 0 aromatic heterocycles. The lowest BCUT2D eigenvalue weighted by Crippen LogP contribution is -3.13. The van der Waals surface area contributed by atoms with Crippen LogP contribution in [0.3, 0.4) is 0 Å². The fraction of sp³-hybridized carbons (Fsp3) is 0.611. The van der Waals surface area contributed by atoms with Crippen molar-refractivity contribution in [3.63, 3.8) is 0 Å². The average molecular weight is 302 g/mol. The summed E-state index contributed by atoms with van der Waals surface area (Å²) in [6.07, 6.45) is 6.17. The van der Waals surface area contributed by atoms with Crippen LogP contribution >= 0.6 is 0 Å². The van der Waals surface area contributed by atoms with Crippen LogP contribution in [0.5, 0.6) is 0 Å². The molecule has 1 aliphatic heterocycles. The summed E-state index contributed by atoms with van der Waals surface area (Å²) < 4.78 is 0. The van der Waals surface area contributed by atoms with E-state index >= 15 is 0 Å². The second kappa shape index (κ2) is 7.63. The first-order valence-corrected chi connectivity index (χ1v) is 8.74. The van der Waals surface area contributed by atoms with Gasteiger partial charge in [-0.25, -0.2) is 4.79 Å². The fourth-order valence-corrected chi connectivity index (χ4v) is 3.60. The molecule has 1 aliphatic carbocycles. The lowest BCUT2D eigenvalue weighted by atomic mass is 9.96. The zero-order valence-electron chi connectivity index (χ0n) is 13.4. The minimum absolute atomic E-state index is 0.158. The molecule has 0 spiro atoms. The van der Waals surface area contributed by atoms with Crippen LogP contribution in [0.25, 0.3) is 0 Å². The Hall–Kier alpha value is -1.55. The summed E-state index contributed by atoms with van der Waals surface area (Å²) >= 11 is 0. The van der Waals surface area contributed by atoms with Crippen molar-refractivity contribution in [2.24, 2.45) is 0 Å². The molecule has 22 heavy (non-hydrogen) atoms. The van der Waals surface area contributed by atoms with Gasteiger partial charge in [-0.3, -0.25) is 0 Å². The van der Waals surface area contributed by atoms with Crippen LogP contribution in [-0.4, -0.2) is 43.2 Å². The van der Waals surface area contributed by atoms with Gasteiger partial charge in [0.2, 0.25) is 0 Å². The Morgan fingerprint density at radius 2 is 1.77 bits per heavy atom. The summed E-state index contributed by atoms with van der Waals surface area (Å²) in [5.41, 5.74) is 1.39. The molecule has 4 nitrogen and oxygen atoms in total. The predicted octanol–water partition coefficient (Wildman–Crippen LogP) is 1.43. The number of carbonyl (C=O) groups is 1. The van der Waals surface area contributed by atoms with E-state index < -0.39 is 0 Å². The van der Waals surface area contributed by atoms with Gasteiger partial charge in [0, 0.05) is 11.6 Å². The number of urea groups is 1. The number of nitrogens with zero attached hydrogens (tertiary/aromatic N) is 1. The van der Waals surface area contributed by atoms with E-state index in [0.29, 0.717) is 6.04 Å². The number of quaternary nitrogens is 1. The van der Waals surface area contributed by atoms with E-state index in [1.165, 1.54) is 24.8 Å². The summed E-state index contributed by atoms with van der Waals surface area (Å²) in [6.45, 7) is 4.92. The molecule has 2 amide bonds. The van der Waals surface area contributed by atoms with Gasteiger partial charge in [-0.15, -0.1) is 0 Å². The van der Waals surface area contributed by atoms with Gasteiger partial charge in [0.25, 0.3) is 0 Å². The highest BCUT2D eigenvalue weighted by molar-refractivity contribution is 5.74. The Morgan fingerprint density at radius 1 is 1.09 bits per heavy atom. The summed E-state index contributed by atoms with van der Waals surface area (Å²) in [5.74, 6) is 0. The van der Waals surface area contributed by atoms with Crippen molar-refractivity contribution in [2.75, 3.05) is 26.2 Å². The number of benzene rings is 1. The standard InChI is InChI=1S/C18H27N3O/c22-18(19-17-9-5-2-6-10-17)21-13-11-20(12-14-21)15-16-7-3-1-4-8-16/h1,3-4,7-8,17H,2,5-6,9-15H2,(H,19,22)/p+1. The Bertz CT molecular complexity index is 462. The zero-order valence-corrected chi connectivity index (χ0v) is 13.4. The Labute approximate surface area is 133 Å². The van der Waals surface area contributed by atoms with E-state index in [1.807, 2.05) is 4.90 Å². The first-order chi connectivity index (χ1) is 10.8. The highest BCUT2D eigenvalue weighted by Gasteiger charge is 2.25. The summed E-state index contributed by atoms with van der Waals surface area (Å²) in [5, 5.41) is 3.23. The van der Waals surface area contributed by atoms with Crippen molar-refractivity contribution in [2.45, 2.75) is 44.7 Å². The average Bonchev–Trinajstić information content (AvgIpc) is 2.57. The highest BCUT2D eigenvalue weighted by Crippen LogP contribution is 2.17. The first-order valence-electron chi connectivity index (χ1n) is 8.74. The van der Waals surface area contributed by atoms with Gasteiger partial charge in [0.15, 0.2) is 0 Å². The minimum Gasteiger partial charge on any atom is -0.335 e. The quantitative estimate of drug-likeness (QED) is 0.871. The van der Waals surface area contributed by atoms with Gasteiger partial charge in [-0.2, -0.15) is 0 Å². The molecule has 2 N–H and O–H groups in total. The number of piperazine rings is 1. The van der Waals surface area contributed by atoms with Gasteiger partial charge >= 0.3 is 6.03 Å². The van der Waals surface area contributed by atoms with E-state index in [1.54, 1.807) is 4.90 Å². The molecular weight excluding hydrogens is 274 g/mol. The summed E-state index contributed by atoms with van der Waals surface area (Å²) in [4.78, 5) is 15.9. The molecule has 1 saturated carbocycles. The molecule has 2 fully saturated rings. The van der Waals surface area contributed by atoms with Crippen molar-refractivity contribution >= 4 is 6.03 Å². The van der Waals surface area contributed by atoms with Crippen molar-refractivity contribution in [3.8, 4) is 0 Å².